The van der Waals surface area contributed by atoms with Gasteiger partial charge >= 0.3 is 0 Å². The molecular weight excluding hydrogens is 226 g/mol. The van der Waals surface area contributed by atoms with E-state index in [4.69, 9.17) is 16.3 Å². The van der Waals surface area contributed by atoms with Crippen molar-refractivity contribution >= 4 is 0 Å². The minimum absolute atomic E-state index is 0.184. The summed E-state index contributed by atoms with van der Waals surface area (Å²) in [7, 11) is 0. The van der Waals surface area contributed by atoms with E-state index < -0.39 is 0 Å². The number of hydrogen-bond donors (Lipinski definition) is 2. The van der Waals surface area contributed by atoms with E-state index in [1.165, 1.54) is 0 Å². The molecule has 0 aliphatic rings. The van der Waals surface area contributed by atoms with Gasteiger partial charge in [0.25, 0.3) is 0 Å². The van der Waals surface area contributed by atoms with Crippen molar-refractivity contribution in [1.29, 1.82) is 0 Å². The Kier molecular flexibility index (Phi) is 6.27. The van der Waals surface area contributed by atoms with E-state index in [-0.39, 0.29) is 25.2 Å². The van der Waals surface area contributed by atoms with Crippen molar-refractivity contribution in [3.63, 3.8) is 0 Å². The zero-order valence-corrected chi connectivity index (χ0v) is 11.0. The van der Waals surface area contributed by atoms with Crippen LogP contribution in [0.15, 0.2) is 24.3 Å². The molecule has 1 aromatic rings. The largest absolute Gasteiger partial charge is 0.481 e. The van der Waals surface area contributed by atoms with Crippen LogP contribution in [0.2, 0.25) is 0 Å². The number of hydrogen-bond acceptors (Lipinski definition) is 3. The monoisotopic (exact) mass is 247 g/mol. The maximum atomic E-state index is 9.09. The lowest BCUT2D eigenvalue weighted by Crippen LogP contribution is -2.33. The first kappa shape index (κ1) is 14.6. The number of para-hydroxylation sites is 1. The SMILES string of the molecule is C#CCOc1ccccc1CNC(C)C(C)CO. The van der Waals surface area contributed by atoms with E-state index in [0.717, 1.165) is 11.3 Å². The topological polar surface area (TPSA) is 41.5 Å². The average molecular weight is 247 g/mol. The summed E-state index contributed by atoms with van der Waals surface area (Å²) in [6, 6.07) is 8.06. The molecule has 1 aromatic carbocycles. The number of aliphatic hydroxyl groups excluding tert-OH is 1. The smallest absolute Gasteiger partial charge is 0.148 e. The van der Waals surface area contributed by atoms with Crippen LogP contribution < -0.4 is 10.1 Å². The van der Waals surface area contributed by atoms with Gasteiger partial charge in [-0.05, 0) is 18.9 Å². The van der Waals surface area contributed by atoms with Gasteiger partial charge in [-0.25, -0.2) is 0 Å². The van der Waals surface area contributed by atoms with Crippen molar-refractivity contribution in [1.82, 2.24) is 5.32 Å². The summed E-state index contributed by atoms with van der Waals surface area (Å²) in [5.41, 5.74) is 1.07. The first-order valence-electron chi connectivity index (χ1n) is 6.17. The van der Waals surface area contributed by atoms with Gasteiger partial charge in [-0.3, -0.25) is 0 Å². The number of terminal acetylenes is 1. The van der Waals surface area contributed by atoms with E-state index in [1.54, 1.807) is 0 Å². The molecule has 0 bridgehead atoms. The second-order valence-electron chi connectivity index (χ2n) is 4.43. The number of benzene rings is 1. The van der Waals surface area contributed by atoms with E-state index in [9.17, 15) is 0 Å². The third-order valence-electron chi connectivity index (χ3n) is 3.04. The van der Waals surface area contributed by atoms with Gasteiger partial charge in [-0.2, -0.15) is 0 Å². The van der Waals surface area contributed by atoms with E-state index in [0.29, 0.717) is 6.54 Å². The predicted octanol–water partition coefficient (Wildman–Crippen LogP) is 1.81. The molecule has 98 valence electrons. The number of aliphatic hydroxyl groups is 1. The summed E-state index contributed by atoms with van der Waals surface area (Å²) in [4.78, 5) is 0. The fourth-order valence-corrected chi connectivity index (χ4v) is 1.54. The minimum atomic E-state index is 0.184. The number of nitrogens with one attached hydrogen (secondary N) is 1. The highest BCUT2D eigenvalue weighted by molar-refractivity contribution is 5.33. The van der Waals surface area contributed by atoms with Crippen LogP contribution in [0.5, 0.6) is 5.75 Å². The number of ether oxygens (including phenoxy) is 1. The molecule has 0 heterocycles. The normalized spacial score (nSPS) is 13.7. The molecule has 18 heavy (non-hydrogen) atoms. The lowest BCUT2D eigenvalue weighted by atomic mass is 10.0. The summed E-state index contributed by atoms with van der Waals surface area (Å²) in [5.74, 6) is 3.50. The molecule has 2 N–H and O–H groups in total. The van der Waals surface area contributed by atoms with Crippen molar-refractivity contribution in [3.05, 3.63) is 29.8 Å². The van der Waals surface area contributed by atoms with Crippen LogP contribution in [0.4, 0.5) is 0 Å². The molecule has 0 fully saturated rings. The molecule has 0 spiro atoms. The first-order valence-corrected chi connectivity index (χ1v) is 6.17. The molecule has 2 unspecified atom stereocenters. The third-order valence-corrected chi connectivity index (χ3v) is 3.04. The highest BCUT2D eigenvalue weighted by Gasteiger charge is 2.11. The Balaban J connectivity index is 2.58. The molecule has 2 atom stereocenters. The Morgan fingerprint density at radius 1 is 1.39 bits per heavy atom. The summed E-state index contributed by atoms with van der Waals surface area (Å²) in [6.07, 6.45) is 5.19. The Bertz CT molecular complexity index is 398. The van der Waals surface area contributed by atoms with Crippen LogP contribution in [0.3, 0.4) is 0 Å². The van der Waals surface area contributed by atoms with Crippen molar-refractivity contribution in [3.8, 4) is 18.1 Å². The van der Waals surface area contributed by atoms with E-state index in [1.807, 2.05) is 31.2 Å². The summed E-state index contributed by atoms with van der Waals surface area (Å²) < 4.78 is 5.48. The fourth-order valence-electron chi connectivity index (χ4n) is 1.54. The van der Waals surface area contributed by atoms with Crippen LogP contribution in [0.25, 0.3) is 0 Å². The maximum Gasteiger partial charge on any atom is 0.148 e. The molecule has 3 heteroatoms. The Labute approximate surface area is 109 Å². The third kappa shape index (κ3) is 4.40. The summed E-state index contributed by atoms with van der Waals surface area (Å²) in [6.45, 7) is 5.24. The zero-order valence-electron chi connectivity index (χ0n) is 11.0. The van der Waals surface area contributed by atoms with E-state index in [2.05, 4.69) is 18.2 Å². The molecule has 0 amide bonds. The quantitative estimate of drug-likeness (QED) is 0.722. The second-order valence-corrected chi connectivity index (χ2v) is 4.43. The molecule has 0 aliphatic carbocycles. The van der Waals surface area contributed by atoms with Gasteiger partial charge in [-0.1, -0.05) is 31.0 Å². The van der Waals surface area contributed by atoms with Crippen molar-refractivity contribution in [2.45, 2.75) is 26.4 Å². The first-order chi connectivity index (χ1) is 8.69. The summed E-state index contributed by atoms with van der Waals surface area (Å²) >= 11 is 0. The molecule has 0 saturated heterocycles. The lowest BCUT2D eigenvalue weighted by molar-refractivity contribution is 0.206. The molecular formula is C15H21NO2. The average Bonchev–Trinajstić information content (AvgIpc) is 2.42. The Morgan fingerprint density at radius 2 is 2.11 bits per heavy atom. The van der Waals surface area contributed by atoms with Gasteiger partial charge in [0.05, 0.1) is 0 Å². The van der Waals surface area contributed by atoms with Crippen LogP contribution in [0.1, 0.15) is 19.4 Å². The van der Waals surface area contributed by atoms with Gasteiger partial charge in [0.15, 0.2) is 0 Å². The molecule has 1 rings (SSSR count). The molecule has 0 aromatic heterocycles. The molecule has 0 radical (unpaired) electrons. The Hall–Kier alpha value is -1.50. The predicted molar refractivity (Wildman–Crippen MR) is 73.3 cm³/mol. The fraction of sp³-hybridized carbons (Fsp3) is 0.467. The lowest BCUT2D eigenvalue weighted by Gasteiger charge is -2.20. The molecule has 0 aliphatic heterocycles. The van der Waals surface area contributed by atoms with Gasteiger partial charge in [-0.15, -0.1) is 6.42 Å². The Morgan fingerprint density at radius 3 is 2.78 bits per heavy atom. The standard InChI is InChI=1S/C15H21NO2/c1-4-9-18-15-8-6-5-7-14(15)10-16-13(3)12(2)11-17/h1,5-8,12-13,16-17H,9-11H2,2-3H3. The van der Waals surface area contributed by atoms with Crippen molar-refractivity contribution in [2.24, 2.45) is 5.92 Å². The van der Waals surface area contributed by atoms with Gasteiger partial charge in [0.2, 0.25) is 0 Å². The van der Waals surface area contributed by atoms with Crippen molar-refractivity contribution in [2.75, 3.05) is 13.2 Å². The number of rotatable bonds is 7. The van der Waals surface area contributed by atoms with Gasteiger partial charge in [0, 0.05) is 24.8 Å². The second kappa shape index (κ2) is 7.75. The highest BCUT2D eigenvalue weighted by atomic mass is 16.5. The maximum absolute atomic E-state index is 9.09. The molecule has 0 saturated carbocycles. The summed E-state index contributed by atoms with van der Waals surface area (Å²) in [5, 5.41) is 12.5. The van der Waals surface area contributed by atoms with Gasteiger partial charge in [0.1, 0.15) is 12.4 Å². The minimum Gasteiger partial charge on any atom is -0.481 e. The van der Waals surface area contributed by atoms with Crippen molar-refractivity contribution < 1.29 is 9.84 Å². The molecule has 3 nitrogen and oxygen atoms in total. The zero-order chi connectivity index (χ0) is 13.4. The highest BCUT2D eigenvalue weighted by Crippen LogP contribution is 2.18. The van der Waals surface area contributed by atoms with Crippen LogP contribution in [-0.4, -0.2) is 24.4 Å². The van der Waals surface area contributed by atoms with Crippen LogP contribution >= 0.6 is 0 Å². The van der Waals surface area contributed by atoms with Gasteiger partial charge < -0.3 is 15.2 Å². The van der Waals surface area contributed by atoms with Crippen LogP contribution in [-0.2, 0) is 6.54 Å². The van der Waals surface area contributed by atoms with Crippen LogP contribution in [0, 0.1) is 18.3 Å². The van der Waals surface area contributed by atoms with E-state index >= 15 is 0 Å².